The van der Waals surface area contributed by atoms with Crippen molar-refractivity contribution in [3.8, 4) is 0 Å². The van der Waals surface area contributed by atoms with Crippen LogP contribution in [-0.4, -0.2) is 49.5 Å². The van der Waals surface area contributed by atoms with E-state index in [1.54, 1.807) is 24.5 Å². The Labute approximate surface area is 149 Å². The number of pyridine rings is 2. The highest BCUT2D eigenvalue weighted by atomic mass is 16.2. The molecule has 0 spiro atoms. The van der Waals surface area contributed by atoms with Crippen LogP contribution >= 0.6 is 0 Å². The molecule has 8 nitrogen and oxygen atoms in total. The van der Waals surface area contributed by atoms with Crippen LogP contribution in [0.3, 0.4) is 0 Å². The molecule has 1 amide bonds. The maximum atomic E-state index is 12.4. The molecule has 0 radical (unpaired) electrons. The van der Waals surface area contributed by atoms with Crippen molar-refractivity contribution in [2.75, 3.05) is 13.1 Å². The number of likely N-dealkylation sites (tertiary alicyclic amines) is 1. The summed E-state index contributed by atoms with van der Waals surface area (Å²) < 4.78 is 1.36. The topological polar surface area (TPSA) is 95.4 Å². The lowest BCUT2D eigenvalue weighted by molar-refractivity contribution is 0.0939. The van der Waals surface area contributed by atoms with Crippen molar-refractivity contribution in [2.45, 2.75) is 25.4 Å². The summed E-state index contributed by atoms with van der Waals surface area (Å²) in [6, 6.07) is 9.46. The van der Waals surface area contributed by atoms with E-state index in [1.165, 1.54) is 4.40 Å². The van der Waals surface area contributed by atoms with Gasteiger partial charge in [-0.25, -0.2) is 9.89 Å². The Morgan fingerprint density at radius 2 is 2.27 bits per heavy atom. The van der Waals surface area contributed by atoms with Gasteiger partial charge in [0.1, 0.15) is 0 Å². The first-order chi connectivity index (χ1) is 12.7. The third-order valence-electron chi connectivity index (χ3n) is 4.77. The van der Waals surface area contributed by atoms with Gasteiger partial charge in [0.25, 0.3) is 5.91 Å². The van der Waals surface area contributed by atoms with Crippen molar-refractivity contribution >= 4 is 11.6 Å². The van der Waals surface area contributed by atoms with Gasteiger partial charge in [0.15, 0.2) is 5.65 Å². The minimum atomic E-state index is -0.317. The fourth-order valence-electron chi connectivity index (χ4n) is 3.39. The van der Waals surface area contributed by atoms with Crippen molar-refractivity contribution in [2.24, 2.45) is 0 Å². The Bertz CT molecular complexity index is 964. The fraction of sp³-hybridized carbons (Fsp3) is 0.333. The molecule has 134 valence electrons. The molecule has 1 aliphatic rings. The van der Waals surface area contributed by atoms with Gasteiger partial charge in [-0.2, -0.15) is 5.10 Å². The van der Waals surface area contributed by atoms with Crippen molar-refractivity contribution in [1.82, 2.24) is 29.8 Å². The van der Waals surface area contributed by atoms with E-state index in [4.69, 9.17) is 0 Å². The van der Waals surface area contributed by atoms with E-state index in [9.17, 15) is 9.59 Å². The number of hydrogen-bond donors (Lipinski definition) is 2. The maximum Gasteiger partial charge on any atom is 0.347 e. The average Bonchev–Trinajstić information content (AvgIpc) is 3.27. The first kappa shape index (κ1) is 16.5. The zero-order valence-corrected chi connectivity index (χ0v) is 14.3. The molecular weight excluding hydrogens is 332 g/mol. The molecule has 1 saturated heterocycles. The standard InChI is InChI=1S/C18H20N6O2/c25-17(13-6-9-24-16(10-13)21-22-18(24)26)20-11-15-5-3-8-23(15)12-14-4-1-2-7-19-14/h1-2,4,6-7,9-10,15H,3,5,8,11-12H2,(H,20,25)(H,22,26). The molecule has 2 N–H and O–H groups in total. The zero-order valence-electron chi connectivity index (χ0n) is 14.3. The number of nitrogens with zero attached hydrogens (tertiary/aromatic N) is 4. The second-order valence-electron chi connectivity index (χ2n) is 6.47. The van der Waals surface area contributed by atoms with Crippen LogP contribution in [0, 0.1) is 0 Å². The molecule has 4 rings (SSSR count). The summed E-state index contributed by atoms with van der Waals surface area (Å²) >= 11 is 0. The van der Waals surface area contributed by atoms with E-state index >= 15 is 0 Å². The van der Waals surface area contributed by atoms with Gasteiger partial charge in [-0.1, -0.05) is 6.07 Å². The number of hydrogen-bond acceptors (Lipinski definition) is 5. The number of H-pyrrole nitrogens is 1. The molecule has 4 heterocycles. The second-order valence-corrected chi connectivity index (χ2v) is 6.47. The zero-order chi connectivity index (χ0) is 17.9. The first-order valence-electron chi connectivity index (χ1n) is 8.69. The predicted molar refractivity (Wildman–Crippen MR) is 95.8 cm³/mol. The second kappa shape index (κ2) is 7.09. The third kappa shape index (κ3) is 3.36. The van der Waals surface area contributed by atoms with Crippen LogP contribution in [-0.2, 0) is 6.54 Å². The predicted octanol–water partition coefficient (Wildman–Crippen LogP) is 0.812. The highest BCUT2D eigenvalue weighted by Crippen LogP contribution is 2.19. The molecular formula is C18H20N6O2. The van der Waals surface area contributed by atoms with Gasteiger partial charge in [-0.05, 0) is 43.7 Å². The quantitative estimate of drug-likeness (QED) is 0.709. The van der Waals surface area contributed by atoms with Crippen LogP contribution in [0.25, 0.3) is 5.65 Å². The van der Waals surface area contributed by atoms with Crippen LogP contribution < -0.4 is 11.0 Å². The number of aromatic nitrogens is 4. The third-order valence-corrected chi connectivity index (χ3v) is 4.77. The Morgan fingerprint density at radius 1 is 1.35 bits per heavy atom. The van der Waals surface area contributed by atoms with Crippen molar-refractivity contribution in [3.63, 3.8) is 0 Å². The van der Waals surface area contributed by atoms with E-state index in [-0.39, 0.29) is 11.6 Å². The van der Waals surface area contributed by atoms with Crippen LogP contribution in [0.4, 0.5) is 0 Å². The molecule has 0 aromatic carbocycles. The summed E-state index contributed by atoms with van der Waals surface area (Å²) in [5, 5.41) is 9.25. The van der Waals surface area contributed by atoms with Crippen LogP contribution in [0.1, 0.15) is 28.9 Å². The van der Waals surface area contributed by atoms with Gasteiger partial charge >= 0.3 is 5.69 Å². The number of rotatable bonds is 5. The van der Waals surface area contributed by atoms with Crippen molar-refractivity contribution < 1.29 is 4.79 Å². The summed E-state index contributed by atoms with van der Waals surface area (Å²) in [5.41, 5.74) is 1.65. The van der Waals surface area contributed by atoms with Gasteiger partial charge in [0.2, 0.25) is 0 Å². The minimum absolute atomic E-state index is 0.160. The van der Waals surface area contributed by atoms with Crippen LogP contribution in [0.15, 0.2) is 47.5 Å². The van der Waals surface area contributed by atoms with Gasteiger partial charge < -0.3 is 5.32 Å². The summed E-state index contributed by atoms with van der Waals surface area (Å²) in [6.45, 7) is 2.40. The molecule has 0 bridgehead atoms. The Morgan fingerprint density at radius 3 is 3.12 bits per heavy atom. The summed E-state index contributed by atoms with van der Waals surface area (Å²) in [5.74, 6) is -0.160. The molecule has 26 heavy (non-hydrogen) atoms. The minimum Gasteiger partial charge on any atom is -0.350 e. The normalized spacial score (nSPS) is 17.6. The smallest absolute Gasteiger partial charge is 0.347 e. The van der Waals surface area contributed by atoms with E-state index < -0.39 is 0 Å². The molecule has 1 unspecified atom stereocenters. The summed E-state index contributed by atoms with van der Waals surface area (Å²) in [4.78, 5) is 30.7. The lowest BCUT2D eigenvalue weighted by Crippen LogP contribution is -2.40. The fourth-order valence-corrected chi connectivity index (χ4v) is 3.39. The molecule has 3 aromatic heterocycles. The number of nitrogens with one attached hydrogen (secondary N) is 2. The first-order valence-corrected chi connectivity index (χ1v) is 8.69. The van der Waals surface area contributed by atoms with E-state index in [1.807, 2.05) is 18.2 Å². The Kier molecular flexibility index (Phi) is 4.49. The highest BCUT2D eigenvalue weighted by molar-refractivity contribution is 5.95. The van der Waals surface area contributed by atoms with E-state index in [2.05, 4.69) is 25.4 Å². The molecule has 0 saturated carbocycles. The average molecular weight is 352 g/mol. The molecule has 1 atom stereocenters. The largest absolute Gasteiger partial charge is 0.350 e. The number of aromatic amines is 1. The Hall–Kier alpha value is -3.00. The summed E-state index contributed by atoms with van der Waals surface area (Å²) in [7, 11) is 0. The highest BCUT2D eigenvalue weighted by Gasteiger charge is 2.25. The lowest BCUT2D eigenvalue weighted by atomic mass is 10.2. The van der Waals surface area contributed by atoms with Crippen LogP contribution in [0.2, 0.25) is 0 Å². The molecule has 1 aliphatic heterocycles. The van der Waals surface area contributed by atoms with Crippen LogP contribution in [0.5, 0.6) is 0 Å². The monoisotopic (exact) mass is 352 g/mol. The SMILES string of the molecule is O=C(NCC1CCCN1Cc1ccccn1)c1ccn2c(=O)[nH]nc2c1. The van der Waals surface area contributed by atoms with Crippen molar-refractivity contribution in [3.05, 3.63) is 64.5 Å². The lowest BCUT2D eigenvalue weighted by Gasteiger charge is -2.24. The number of fused-ring (bicyclic) bond motifs is 1. The number of carbonyl (C=O) groups excluding carboxylic acids is 1. The van der Waals surface area contributed by atoms with Crippen molar-refractivity contribution in [1.29, 1.82) is 0 Å². The van der Waals surface area contributed by atoms with Gasteiger partial charge in [-0.15, -0.1) is 0 Å². The maximum absolute atomic E-state index is 12.4. The number of amides is 1. The molecule has 1 fully saturated rings. The van der Waals surface area contributed by atoms with E-state index in [0.717, 1.165) is 31.6 Å². The molecule has 3 aromatic rings. The Balaban J connectivity index is 1.38. The van der Waals surface area contributed by atoms with Gasteiger partial charge in [-0.3, -0.25) is 19.1 Å². The van der Waals surface area contributed by atoms with Gasteiger partial charge in [0, 0.05) is 37.1 Å². The van der Waals surface area contributed by atoms with E-state index in [0.29, 0.717) is 23.8 Å². The molecule has 0 aliphatic carbocycles. The van der Waals surface area contributed by atoms with Gasteiger partial charge in [0.05, 0.1) is 5.69 Å². The summed E-state index contributed by atoms with van der Waals surface area (Å²) in [6.07, 6.45) is 5.54. The molecule has 8 heteroatoms. The number of carbonyl (C=O) groups is 1.